The molecule has 0 aliphatic heterocycles. The fraction of sp³-hybridized carbons (Fsp3) is 0.462. The summed E-state index contributed by atoms with van der Waals surface area (Å²) in [5.41, 5.74) is 6.70. The van der Waals surface area contributed by atoms with E-state index in [0.29, 0.717) is 22.2 Å². The van der Waals surface area contributed by atoms with Crippen LogP contribution >= 0.6 is 12.2 Å². The van der Waals surface area contributed by atoms with E-state index >= 15 is 0 Å². The van der Waals surface area contributed by atoms with Gasteiger partial charge in [0.25, 0.3) is 0 Å². The number of ether oxygens (including phenoxy) is 3. The van der Waals surface area contributed by atoms with Crippen molar-refractivity contribution in [1.82, 2.24) is 4.90 Å². The fourth-order valence-electron chi connectivity index (χ4n) is 1.98. The van der Waals surface area contributed by atoms with Gasteiger partial charge in [-0.3, -0.25) is 4.90 Å². The van der Waals surface area contributed by atoms with Crippen molar-refractivity contribution >= 4 is 17.2 Å². The van der Waals surface area contributed by atoms with Crippen molar-refractivity contribution in [2.75, 3.05) is 35.4 Å². The lowest BCUT2D eigenvalue weighted by molar-refractivity contribution is 0.320. The van der Waals surface area contributed by atoms with Gasteiger partial charge < -0.3 is 19.9 Å². The van der Waals surface area contributed by atoms with Crippen molar-refractivity contribution in [2.24, 2.45) is 5.73 Å². The Kier molecular flexibility index (Phi) is 5.38. The molecule has 1 aromatic rings. The monoisotopic (exact) mass is 284 g/mol. The van der Waals surface area contributed by atoms with E-state index in [4.69, 9.17) is 32.2 Å². The molecule has 6 heteroatoms. The van der Waals surface area contributed by atoms with Crippen LogP contribution in [0.5, 0.6) is 17.2 Å². The lowest BCUT2D eigenvalue weighted by Gasteiger charge is -2.25. The Labute approximate surface area is 119 Å². The quantitative estimate of drug-likeness (QED) is 0.801. The first-order valence-corrected chi connectivity index (χ1v) is 6.12. The summed E-state index contributed by atoms with van der Waals surface area (Å²) in [5.74, 6) is 1.72. The lowest BCUT2D eigenvalue weighted by atomic mass is 10.0. The van der Waals surface area contributed by atoms with Gasteiger partial charge in [-0.15, -0.1) is 0 Å². The van der Waals surface area contributed by atoms with Gasteiger partial charge in [0.1, 0.15) is 0 Å². The van der Waals surface area contributed by atoms with Crippen LogP contribution in [-0.2, 0) is 0 Å². The van der Waals surface area contributed by atoms with E-state index in [1.807, 2.05) is 31.1 Å². The number of hydrogen-bond donors (Lipinski definition) is 1. The minimum atomic E-state index is -0.191. The minimum absolute atomic E-state index is 0.191. The van der Waals surface area contributed by atoms with Gasteiger partial charge in [-0.1, -0.05) is 12.2 Å². The maximum atomic E-state index is 5.80. The number of benzene rings is 1. The van der Waals surface area contributed by atoms with Gasteiger partial charge in [0, 0.05) is 0 Å². The molecule has 1 rings (SSSR count). The molecule has 0 aliphatic rings. The fourth-order valence-corrected chi connectivity index (χ4v) is 2.32. The second-order valence-electron chi connectivity index (χ2n) is 4.23. The predicted molar refractivity (Wildman–Crippen MR) is 79.3 cm³/mol. The zero-order valence-corrected chi connectivity index (χ0v) is 12.7. The maximum absolute atomic E-state index is 5.80. The van der Waals surface area contributed by atoms with Crippen LogP contribution in [0, 0.1) is 0 Å². The van der Waals surface area contributed by atoms with Crippen LogP contribution in [0.4, 0.5) is 0 Å². The summed E-state index contributed by atoms with van der Waals surface area (Å²) in [5, 5.41) is 0. The smallest absolute Gasteiger partial charge is 0.203 e. The third-order valence-corrected chi connectivity index (χ3v) is 3.01. The summed E-state index contributed by atoms with van der Waals surface area (Å²) >= 11 is 5.12. The molecule has 5 nitrogen and oxygen atoms in total. The van der Waals surface area contributed by atoms with Crippen molar-refractivity contribution < 1.29 is 14.2 Å². The predicted octanol–water partition coefficient (Wildman–Crippen LogP) is 1.60. The first-order chi connectivity index (χ1) is 8.96. The van der Waals surface area contributed by atoms with Crippen LogP contribution < -0.4 is 19.9 Å². The molecule has 1 aromatic carbocycles. The SMILES string of the molecule is COc1cc(C(C(N)=S)N(C)C)cc(OC)c1OC. The standard InChI is InChI=1S/C13H20N2O3S/c1-15(2)11(13(14)19)8-6-9(16-3)12(18-5)10(7-8)17-4/h6-7,11H,1-5H3,(H2,14,19). The number of methoxy groups -OCH3 is 3. The maximum Gasteiger partial charge on any atom is 0.203 e. The molecule has 0 heterocycles. The molecule has 1 unspecified atom stereocenters. The van der Waals surface area contributed by atoms with Crippen LogP contribution in [0.15, 0.2) is 12.1 Å². The Morgan fingerprint density at radius 2 is 1.58 bits per heavy atom. The van der Waals surface area contributed by atoms with E-state index in [-0.39, 0.29) is 6.04 Å². The Morgan fingerprint density at radius 1 is 1.11 bits per heavy atom. The zero-order chi connectivity index (χ0) is 14.6. The van der Waals surface area contributed by atoms with Gasteiger partial charge in [0.05, 0.1) is 32.4 Å². The van der Waals surface area contributed by atoms with Gasteiger partial charge in [-0.2, -0.15) is 0 Å². The third-order valence-electron chi connectivity index (χ3n) is 2.79. The molecule has 0 saturated carbocycles. The molecule has 2 N–H and O–H groups in total. The highest BCUT2D eigenvalue weighted by Gasteiger charge is 2.22. The Hall–Kier alpha value is -1.53. The van der Waals surface area contributed by atoms with Gasteiger partial charge in [-0.25, -0.2) is 0 Å². The summed E-state index contributed by atoms with van der Waals surface area (Å²) in [6, 6.07) is 3.51. The number of hydrogen-bond acceptors (Lipinski definition) is 5. The minimum Gasteiger partial charge on any atom is -0.493 e. The average Bonchev–Trinajstić information content (AvgIpc) is 2.36. The summed E-state index contributed by atoms with van der Waals surface area (Å²) in [6.07, 6.45) is 0. The van der Waals surface area contributed by atoms with E-state index in [1.54, 1.807) is 21.3 Å². The molecule has 0 fully saturated rings. The number of rotatable bonds is 6. The van der Waals surface area contributed by atoms with E-state index in [1.165, 1.54) is 0 Å². The van der Waals surface area contributed by atoms with Crippen molar-refractivity contribution in [3.8, 4) is 17.2 Å². The Bertz CT molecular complexity index is 438. The Morgan fingerprint density at radius 3 is 1.84 bits per heavy atom. The molecule has 106 valence electrons. The van der Waals surface area contributed by atoms with Crippen molar-refractivity contribution in [3.05, 3.63) is 17.7 Å². The number of thiocarbonyl (C=S) groups is 1. The lowest BCUT2D eigenvalue weighted by Crippen LogP contribution is -2.31. The van der Waals surface area contributed by atoms with E-state index in [9.17, 15) is 0 Å². The molecule has 0 bridgehead atoms. The summed E-state index contributed by atoms with van der Waals surface area (Å²) in [7, 11) is 8.54. The van der Waals surface area contributed by atoms with E-state index < -0.39 is 0 Å². The molecule has 0 saturated heterocycles. The summed E-state index contributed by atoms with van der Waals surface area (Å²) in [6.45, 7) is 0. The van der Waals surface area contributed by atoms with Crippen molar-refractivity contribution in [1.29, 1.82) is 0 Å². The average molecular weight is 284 g/mol. The van der Waals surface area contributed by atoms with Crippen LogP contribution in [-0.4, -0.2) is 45.3 Å². The number of likely N-dealkylation sites (N-methyl/N-ethyl adjacent to an activating group) is 1. The van der Waals surface area contributed by atoms with Gasteiger partial charge in [-0.05, 0) is 31.8 Å². The molecule has 0 aromatic heterocycles. The van der Waals surface area contributed by atoms with Crippen molar-refractivity contribution in [3.63, 3.8) is 0 Å². The second kappa shape index (κ2) is 6.58. The second-order valence-corrected chi connectivity index (χ2v) is 4.70. The molecule has 1 atom stereocenters. The van der Waals surface area contributed by atoms with Gasteiger partial charge in [0.2, 0.25) is 5.75 Å². The highest BCUT2D eigenvalue weighted by Crippen LogP contribution is 2.40. The molecule has 0 amide bonds. The molecule has 0 spiro atoms. The zero-order valence-electron chi connectivity index (χ0n) is 11.9. The van der Waals surface area contributed by atoms with Crippen molar-refractivity contribution in [2.45, 2.75) is 6.04 Å². The normalized spacial score (nSPS) is 12.1. The van der Waals surface area contributed by atoms with Gasteiger partial charge >= 0.3 is 0 Å². The highest BCUT2D eigenvalue weighted by molar-refractivity contribution is 7.80. The first-order valence-electron chi connectivity index (χ1n) is 5.71. The molecule has 0 radical (unpaired) electrons. The largest absolute Gasteiger partial charge is 0.493 e. The molecular formula is C13H20N2O3S. The molecule has 19 heavy (non-hydrogen) atoms. The Balaban J connectivity index is 3.40. The third kappa shape index (κ3) is 3.27. The number of nitrogens with zero attached hydrogens (tertiary/aromatic N) is 1. The van der Waals surface area contributed by atoms with Crippen LogP contribution in [0.1, 0.15) is 11.6 Å². The van der Waals surface area contributed by atoms with E-state index in [0.717, 1.165) is 5.56 Å². The summed E-state index contributed by atoms with van der Waals surface area (Å²) in [4.78, 5) is 2.32. The van der Waals surface area contributed by atoms with Crippen LogP contribution in [0.25, 0.3) is 0 Å². The van der Waals surface area contributed by atoms with Gasteiger partial charge in [0.15, 0.2) is 11.5 Å². The highest BCUT2D eigenvalue weighted by atomic mass is 32.1. The van der Waals surface area contributed by atoms with Crippen LogP contribution in [0.3, 0.4) is 0 Å². The summed E-state index contributed by atoms with van der Waals surface area (Å²) < 4.78 is 15.9. The topological polar surface area (TPSA) is 57.0 Å². The van der Waals surface area contributed by atoms with E-state index in [2.05, 4.69) is 0 Å². The molecule has 0 aliphatic carbocycles. The first kappa shape index (κ1) is 15.5. The number of nitrogens with two attached hydrogens (primary N) is 1. The van der Waals surface area contributed by atoms with Crippen LogP contribution in [0.2, 0.25) is 0 Å². The molecular weight excluding hydrogens is 264 g/mol.